The van der Waals surface area contributed by atoms with Crippen LogP contribution in [-0.2, 0) is 21.5 Å². The molecule has 1 aromatic rings. The van der Waals surface area contributed by atoms with E-state index in [1.54, 1.807) is 0 Å². The second-order valence-electron chi connectivity index (χ2n) is 3.34. The summed E-state index contributed by atoms with van der Waals surface area (Å²) < 4.78 is 86.2. The van der Waals surface area contributed by atoms with Crippen molar-refractivity contribution in [1.29, 1.82) is 0 Å². The van der Waals surface area contributed by atoms with Crippen LogP contribution in [0.1, 0.15) is 23.2 Å². The molecule has 1 aromatic heterocycles. The molecule has 2 N–H and O–H groups in total. The summed E-state index contributed by atoms with van der Waals surface area (Å²) in [6.45, 7) is 0. The monoisotopic (exact) mass is 368 g/mol. The smallest absolute Gasteiger partial charge is 0.259 e. The van der Waals surface area contributed by atoms with E-state index in [2.05, 4.69) is 26.1 Å². The molecule has 0 unspecified atom stereocenters. The van der Waals surface area contributed by atoms with E-state index in [1.165, 1.54) is 0 Å². The van der Waals surface area contributed by atoms with Crippen molar-refractivity contribution < 1.29 is 30.4 Å². The van der Waals surface area contributed by atoms with Crippen molar-refractivity contribution in [2.45, 2.75) is 22.8 Å². The highest BCUT2D eigenvalue weighted by Crippen LogP contribution is 2.40. The van der Waals surface area contributed by atoms with Crippen molar-refractivity contribution in [2.24, 2.45) is 5.14 Å². The van der Waals surface area contributed by atoms with Crippen LogP contribution in [0.4, 0.5) is 22.0 Å². The summed E-state index contributed by atoms with van der Waals surface area (Å²) in [5.74, 6) is 0. The summed E-state index contributed by atoms with van der Waals surface area (Å²) in [5.41, 5.74) is -3.88. The van der Waals surface area contributed by atoms with E-state index in [0.717, 1.165) is 0 Å². The molecule has 0 aromatic carbocycles. The van der Waals surface area contributed by atoms with Crippen molar-refractivity contribution in [3.05, 3.63) is 23.0 Å². The van der Waals surface area contributed by atoms with E-state index in [-0.39, 0.29) is 0 Å². The molecule has 0 bridgehead atoms. The van der Waals surface area contributed by atoms with Gasteiger partial charge in [-0.3, -0.25) is 4.98 Å². The largest absolute Gasteiger partial charge is 0.419 e. The molecule has 1 heterocycles. The number of nitrogens with two attached hydrogens (primary N) is 1. The van der Waals surface area contributed by atoms with Crippen LogP contribution in [0.15, 0.2) is 11.1 Å². The lowest BCUT2D eigenvalue weighted by molar-refractivity contribution is -0.140. The molecular weight excluding hydrogens is 363 g/mol. The second-order valence-corrected chi connectivity index (χ2v) is 5.40. The molecule has 0 fully saturated rings. The first-order chi connectivity index (χ1) is 8.50. The normalized spacial score (nSPS) is 13.1. The highest BCUT2D eigenvalue weighted by Gasteiger charge is 2.42. The first kappa shape index (κ1) is 16.2. The van der Waals surface area contributed by atoms with Gasteiger partial charge < -0.3 is 0 Å². The lowest BCUT2D eigenvalue weighted by atomic mass is 10.1. The number of sulfonamides is 1. The first-order valence-electron chi connectivity index (χ1n) is 4.46. The highest BCUT2D eigenvalue weighted by atomic mass is 79.9. The molecule has 0 saturated heterocycles. The maximum Gasteiger partial charge on any atom is 0.419 e. The van der Waals surface area contributed by atoms with Gasteiger partial charge in [-0.05, 0) is 0 Å². The van der Waals surface area contributed by atoms with Gasteiger partial charge in [0.25, 0.3) is 6.43 Å². The third-order valence-electron chi connectivity index (χ3n) is 2.07. The van der Waals surface area contributed by atoms with E-state index in [9.17, 15) is 30.4 Å². The Labute approximate surface area is 113 Å². The van der Waals surface area contributed by atoms with Gasteiger partial charge in [-0.25, -0.2) is 22.3 Å². The van der Waals surface area contributed by atoms with Gasteiger partial charge in [0.15, 0.2) is 0 Å². The fourth-order valence-electron chi connectivity index (χ4n) is 1.40. The first-order valence-corrected chi connectivity index (χ1v) is 7.12. The Kier molecular flexibility index (Phi) is 4.52. The van der Waals surface area contributed by atoms with E-state index in [0.29, 0.717) is 6.20 Å². The summed E-state index contributed by atoms with van der Waals surface area (Å²) in [7, 11) is -4.99. The molecular formula is C8H6BrF5N2O2S. The minimum absolute atomic E-state index is 0.371. The van der Waals surface area contributed by atoms with E-state index >= 15 is 0 Å². The van der Waals surface area contributed by atoms with Crippen molar-refractivity contribution >= 4 is 26.0 Å². The lowest BCUT2D eigenvalue weighted by Gasteiger charge is -2.17. The van der Waals surface area contributed by atoms with Crippen molar-refractivity contribution in [3.8, 4) is 0 Å². The Morgan fingerprint density at radius 1 is 1.37 bits per heavy atom. The Balaban J connectivity index is 3.89. The summed E-state index contributed by atoms with van der Waals surface area (Å²) in [5, 5.41) is 4.15. The van der Waals surface area contributed by atoms with E-state index in [4.69, 9.17) is 0 Å². The highest BCUT2D eigenvalue weighted by molar-refractivity contribution is 9.08. The maximum atomic E-state index is 12.8. The van der Waals surface area contributed by atoms with Gasteiger partial charge in [0, 0.05) is 11.5 Å². The van der Waals surface area contributed by atoms with Crippen molar-refractivity contribution in [1.82, 2.24) is 4.98 Å². The van der Waals surface area contributed by atoms with Gasteiger partial charge in [0.1, 0.15) is 4.90 Å². The molecule has 0 radical (unpaired) electrons. The number of pyridine rings is 1. The average Bonchev–Trinajstić information content (AvgIpc) is 2.24. The van der Waals surface area contributed by atoms with Gasteiger partial charge in [-0.2, -0.15) is 13.2 Å². The van der Waals surface area contributed by atoms with Crippen LogP contribution < -0.4 is 5.14 Å². The molecule has 0 aliphatic carbocycles. The third-order valence-corrected chi connectivity index (χ3v) is 3.61. The Morgan fingerprint density at radius 2 is 1.89 bits per heavy atom. The number of nitrogens with zero attached hydrogens (tertiary/aromatic N) is 1. The minimum Gasteiger partial charge on any atom is -0.259 e. The summed E-state index contributed by atoms with van der Waals surface area (Å²) in [6.07, 6.45) is -8.26. The minimum atomic E-state index is -5.18. The number of halogens is 6. The molecule has 0 aliphatic rings. The van der Waals surface area contributed by atoms with Crippen LogP contribution in [0.5, 0.6) is 0 Å². The number of hydrogen-bond donors (Lipinski definition) is 1. The summed E-state index contributed by atoms with van der Waals surface area (Å²) in [6, 6.07) is 0. The molecule has 0 atom stereocenters. The molecule has 0 saturated carbocycles. The molecule has 19 heavy (non-hydrogen) atoms. The molecule has 1 rings (SSSR count). The van der Waals surface area contributed by atoms with E-state index < -0.39 is 49.7 Å². The molecule has 11 heteroatoms. The second kappa shape index (κ2) is 5.29. The van der Waals surface area contributed by atoms with Crippen LogP contribution in [-0.4, -0.2) is 13.4 Å². The third kappa shape index (κ3) is 3.39. The van der Waals surface area contributed by atoms with Crippen molar-refractivity contribution in [3.63, 3.8) is 0 Å². The quantitative estimate of drug-likeness (QED) is 0.658. The van der Waals surface area contributed by atoms with Gasteiger partial charge in [0.05, 0.1) is 16.8 Å². The standard InChI is InChI=1S/C8H6BrF5N2O2S/c9-1-4-5(8(12,13)14)6(19(15,17)18)3(2-16-4)7(10)11/h2,7H,1H2,(H2,15,17,18). The van der Waals surface area contributed by atoms with Crippen LogP contribution in [0.3, 0.4) is 0 Å². The topological polar surface area (TPSA) is 73.1 Å². The zero-order chi connectivity index (χ0) is 15.0. The number of rotatable bonds is 3. The zero-order valence-corrected chi connectivity index (χ0v) is 11.3. The Hall–Kier alpha value is -0.810. The van der Waals surface area contributed by atoms with Crippen LogP contribution in [0.2, 0.25) is 0 Å². The number of primary sulfonamides is 1. The molecule has 0 spiro atoms. The Bertz CT molecular complexity index is 588. The van der Waals surface area contributed by atoms with Crippen LogP contribution in [0, 0.1) is 0 Å². The molecule has 0 aliphatic heterocycles. The molecule has 108 valence electrons. The SMILES string of the molecule is NS(=O)(=O)c1c(C(F)F)cnc(CBr)c1C(F)(F)F. The summed E-state index contributed by atoms with van der Waals surface area (Å²) in [4.78, 5) is 1.55. The van der Waals surface area contributed by atoms with Crippen molar-refractivity contribution in [2.75, 3.05) is 0 Å². The average molecular weight is 369 g/mol. The van der Waals surface area contributed by atoms with Gasteiger partial charge >= 0.3 is 6.18 Å². The number of alkyl halides is 6. The zero-order valence-electron chi connectivity index (χ0n) is 8.88. The summed E-state index contributed by atoms with van der Waals surface area (Å²) >= 11 is 2.68. The predicted molar refractivity (Wildman–Crippen MR) is 58.2 cm³/mol. The lowest BCUT2D eigenvalue weighted by Crippen LogP contribution is -2.23. The van der Waals surface area contributed by atoms with Crippen LogP contribution in [0.25, 0.3) is 0 Å². The number of aromatic nitrogens is 1. The van der Waals surface area contributed by atoms with Gasteiger partial charge in [-0.1, -0.05) is 15.9 Å². The maximum absolute atomic E-state index is 12.8. The predicted octanol–water partition coefficient (Wildman–Crippen LogP) is 2.58. The molecule has 0 amide bonds. The fourth-order valence-corrected chi connectivity index (χ4v) is 2.82. The van der Waals surface area contributed by atoms with Gasteiger partial charge in [0.2, 0.25) is 10.0 Å². The van der Waals surface area contributed by atoms with Crippen LogP contribution >= 0.6 is 15.9 Å². The Morgan fingerprint density at radius 3 is 2.21 bits per heavy atom. The van der Waals surface area contributed by atoms with E-state index in [1.807, 2.05) is 0 Å². The van der Waals surface area contributed by atoms with Gasteiger partial charge in [-0.15, -0.1) is 0 Å². The molecule has 4 nitrogen and oxygen atoms in total. The fraction of sp³-hybridized carbons (Fsp3) is 0.375. The number of hydrogen-bond acceptors (Lipinski definition) is 3.